The second kappa shape index (κ2) is 17.9. The van der Waals surface area contributed by atoms with E-state index in [9.17, 15) is 19.2 Å². The smallest absolute Gasteiger partial charge is 0.410 e. The molecule has 256 valence electrons. The Labute approximate surface area is 265 Å². The summed E-state index contributed by atoms with van der Waals surface area (Å²) < 4.78 is 21.9. The molecule has 0 aliphatic rings. The molecule has 0 atom stereocenters. The molecule has 4 amide bonds. The van der Waals surface area contributed by atoms with E-state index in [1.165, 1.54) is 4.90 Å². The van der Waals surface area contributed by atoms with Crippen molar-refractivity contribution < 1.29 is 38.1 Å². The highest BCUT2D eigenvalue weighted by atomic mass is 16.6. The molecular weight excluding hydrogens is 568 g/mol. The van der Waals surface area contributed by atoms with Gasteiger partial charge in [0.15, 0.2) is 0 Å². The normalized spacial score (nSPS) is 12.4. The summed E-state index contributed by atoms with van der Waals surface area (Å²) in [5.41, 5.74) is -2.55. The van der Waals surface area contributed by atoms with Gasteiger partial charge in [0.2, 0.25) is 0 Å². The third-order valence-corrected chi connectivity index (χ3v) is 5.28. The molecule has 0 aliphatic carbocycles. The first-order valence-corrected chi connectivity index (χ1v) is 15.5. The van der Waals surface area contributed by atoms with Crippen molar-refractivity contribution in [2.45, 2.75) is 125 Å². The predicted molar refractivity (Wildman–Crippen MR) is 172 cm³/mol. The van der Waals surface area contributed by atoms with Crippen LogP contribution in [0, 0.1) is 0 Å². The molecule has 0 rings (SSSR count). The number of hydrogen-bond donors (Lipinski definition) is 1. The van der Waals surface area contributed by atoms with Gasteiger partial charge >= 0.3 is 24.4 Å². The first kappa shape index (κ1) is 40.8. The first-order chi connectivity index (χ1) is 19.9. The van der Waals surface area contributed by atoms with Crippen LogP contribution in [0.2, 0.25) is 0 Å². The molecule has 0 saturated heterocycles. The number of ether oxygens (including phenoxy) is 4. The zero-order valence-corrected chi connectivity index (χ0v) is 29.6. The van der Waals surface area contributed by atoms with Crippen LogP contribution in [0.5, 0.6) is 0 Å². The highest BCUT2D eigenvalue weighted by molar-refractivity contribution is 5.69. The molecule has 0 aromatic carbocycles. The number of carbonyl (C=O) groups is 4. The van der Waals surface area contributed by atoms with E-state index in [0.717, 1.165) is 0 Å². The third-order valence-electron chi connectivity index (χ3n) is 5.28. The number of alkyl carbamates (subject to hydrolysis) is 1. The quantitative estimate of drug-likeness (QED) is 0.138. The number of nitrogens with zero attached hydrogens (tertiary/aromatic N) is 3. The fraction of sp³-hybridized carbons (Fsp3) is 0.812. The molecule has 12 heteroatoms. The highest BCUT2D eigenvalue weighted by Crippen LogP contribution is 2.14. The van der Waals surface area contributed by atoms with Crippen LogP contribution < -0.4 is 5.32 Å². The average Bonchev–Trinajstić information content (AvgIpc) is 2.79. The summed E-state index contributed by atoms with van der Waals surface area (Å²) in [6.45, 7) is 25.9. The Morgan fingerprint density at radius 3 is 1.25 bits per heavy atom. The van der Waals surface area contributed by atoms with Crippen LogP contribution >= 0.6 is 0 Å². The molecule has 1 N–H and O–H groups in total. The van der Waals surface area contributed by atoms with Crippen LogP contribution in [0.25, 0.3) is 0 Å². The summed E-state index contributed by atoms with van der Waals surface area (Å²) in [6, 6.07) is 0. The Kier molecular flexibility index (Phi) is 16.7. The minimum Gasteiger partial charge on any atom is -0.444 e. The number of hydrogen-bond acceptors (Lipinski definition) is 8. The van der Waals surface area contributed by atoms with E-state index in [2.05, 4.69) is 5.32 Å². The maximum absolute atomic E-state index is 13.0. The third kappa shape index (κ3) is 21.5. The number of rotatable bonds is 13. The molecule has 0 heterocycles. The standard InChI is InChI=1S/C32H60N4O8/c1-14-34(26(38)42-30(5,6)7)23-18-24-36(28(40)44-32(11,12)13)21-16-15-20-35(27(39)43-31(8,9)10)22-17-19-33-25(37)41-29(2,3)4/h15-16H,14,17-24H2,1-13H3,(H,33,37)/b16-15+. The van der Waals surface area contributed by atoms with Crippen molar-refractivity contribution in [2.75, 3.05) is 45.8 Å². The first-order valence-electron chi connectivity index (χ1n) is 15.5. The van der Waals surface area contributed by atoms with Gasteiger partial charge in [-0.1, -0.05) is 12.2 Å². The summed E-state index contributed by atoms with van der Waals surface area (Å²) in [5, 5.41) is 2.70. The molecule has 0 unspecified atom stereocenters. The van der Waals surface area contributed by atoms with Crippen LogP contribution in [0.4, 0.5) is 19.2 Å². The Hall–Kier alpha value is -3.18. The van der Waals surface area contributed by atoms with E-state index in [-0.39, 0.29) is 13.1 Å². The zero-order valence-electron chi connectivity index (χ0n) is 29.6. The van der Waals surface area contributed by atoms with Gasteiger partial charge in [0.25, 0.3) is 0 Å². The summed E-state index contributed by atoms with van der Waals surface area (Å²) in [6.07, 6.45) is 2.73. The van der Waals surface area contributed by atoms with Gasteiger partial charge in [0.1, 0.15) is 22.4 Å². The topological polar surface area (TPSA) is 127 Å². The van der Waals surface area contributed by atoms with Gasteiger partial charge < -0.3 is 39.0 Å². The Morgan fingerprint density at radius 2 is 0.886 bits per heavy atom. The monoisotopic (exact) mass is 628 g/mol. The van der Waals surface area contributed by atoms with E-state index in [1.807, 2.05) is 27.7 Å². The minimum absolute atomic E-state index is 0.242. The van der Waals surface area contributed by atoms with E-state index in [0.29, 0.717) is 45.6 Å². The van der Waals surface area contributed by atoms with E-state index >= 15 is 0 Å². The van der Waals surface area contributed by atoms with E-state index in [1.54, 1.807) is 84.3 Å². The fourth-order valence-corrected chi connectivity index (χ4v) is 3.50. The van der Waals surface area contributed by atoms with Gasteiger partial charge in [-0.3, -0.25) is 0 Å². The molecule has 12 nitrogen and oxygen atoms in total. The van der Waals surface area contributed by atoms with Crippen molar-refractivity contribution in [1.29, 1.82) is 0 Å². The largest absolute Gasteiger partial charge is 0.444 e. The van der Waals surface area contributed by atoms with Crippen LogP contribution in [0.1, 0.15) is 103 Å². The molecular formula is C32H60N4O8. The summed E-state index contributed by atoms with van der Waals surface area (Å²) in [4.78, 5) is 55.0. The SMILES string of the molecule is CCN(CCCN(C/C=C/CN(CCCNC(=O)OC(C)(C)C)C(=O)OC(C)(C)C)C(=O)OC(C)(C)C)C(=O)OC(C)(C)C. The van der Waals surface area contributed by atoms with Crippen molar-refractivity contribution in [3.05, 3.63) is 12.2 Å². The maximum Gasteiger partial charge on any atom is 0.410 e. The zero-order chi connectivity index (χ0) is 34.4. The van der Waals surface area contributed by atoms with Gasteiger partial charge in [-0.05, 0) is 103 Å². The lowest BCUT2D eigenvalue weighted by Crippen LogP contribution is -2.41. The maximum atomic E-state index is 13.0. The van der Waals surface area contributed by atoms with Crippen molar-refractivity contribution in [2.24, 2.45) is 0 Å². The highest BCUT2D eigenvalue weighted by Gasteiger charge is 2.25. The number of nitrogens with one attached hydrogen (secondary N) is 1. The lowest BCUT2D eigenvalue weighted by atomic mass is 10.2. The van der Waals surface area contributed by atoms with Crippen LogP contribution in [-0.4, -0.2) is 107 Å². The van der Waals surface area contributed by atoms with Crippen LogP contribution in [0.3, 0.4) is 0 Å². The van der Waals surface area contributed by atoms with Crippen molar-refractivity contribution in [3.8, 4) is 0 Å². The van der Waals surface area contributed by atoms with E-state index in [4.69, 9.17) is 18.9 Å². The Morgan fingerprint density at radius 1 is 0.545 bits per heavy atom. The fourth-order valence-electron chi connectivity index (χ4n) is 3.50. The molecule has 0 spiro atoms. The van der Waals surface area contributed by atoms with Gasteiger partial charge in [0.05, 0.1) is 0 Å². The molecule has 0 radical (unpaired) electrons. The van der Waals surface area contributed by atoms with Crippen molar-refractivity contribution in [1.82, 2.24) is 20.0 Å². The van der Waals surface area contributed by atoms with Gasteiger partial charge in [-0.25, -0.2) is 19.2 Å². The minimum atomic E-state index is -0.675. The number of amides is 4. The second-order valence-electron chi connectivity index (χ2n) is 14.5. The summed E-state index contributed by atoms with van der Waals surface area (Å²) in [7, 11) is 0. The molecule has 0 saturated carbocycles. The lowest BCUT2D eigenvalue weighted by molar-refractivity contribution is 0.0215. The van der Waals surface area contributed by atoms with Gasteiger partial charge in [-0.2, -0.15) is 0 Å². The molecule has 0 bridgehead atoms. The predicted octanol–water partition coefficient (Wildman–Crippen LogP) is 6.58. The lowest BCUT2D eigenvalue weighted by Gasteiger charge is -2.29. The van der Waals surface area contributed by atoms with Crippen molar-refractivity contribution >= 4 is 24.4 Å². The molecule has 44 heavy (non-hydrogen) atoms. The van der Waals surface area contributed by atoms with Crippen LogP contribution in [0.15, 0.2) is 12.2 Å². The second-order valence-corrected chi connectivity index (χ2v) is 14.5. The molecule has 0 aromatic heterocycles. The van der Waals surface area contributed by atoms with Crippen LogP contribution in [-0.2, 0) is 18.9 Å². The van der Waals surface area contributed by atoms with E-state index < -0.39 is 46.8 Å². The molecule has 0 aliphatic heterocycles. The Bertz CT molecular complexity index is 940. The Balaban J connectivity index is 5.37. The summed E-state index contributed by atoms with van der Waals surface area (Å²) >= 11 is 0. The molecule has 0 fully saturated rings. The summed E-state index contributed by atoms with van der Waals surface area (Å²) in [5.74, 6) is 0. The van der Waals surface area contributed by atoms with Gasteiger partial charge in [-0.15, -0.1) is 0 Å². The van der Waals surface area contributed by atoms with Gasteiger partial charge in [0, 0.05) is 45.8 Å². The number of carbonyl (C=O) groups excluding carboxylic acids is 4. The molecule has 0 aromatic rings. The average molecular weight is 629 g/mol. The van der Waals surface area contributed by atoms with Crippen molar-refractivity contribution in [3.63, 3.8) is 0 Å².